The zero-order chi connectivity index (χ0) is 18.5. The Morgan fingerprint density at radius 1 is 1.08 bits per heavy atom. The molecule has 0 saturated carbocycles. The van der Waals surface area contributed by atoms with E-state index in [0.717, 1.165) is 5.56 Å². The molecule has 134 valence electrons. The Hall–Kier alpha value is -2.95. The number of para-hydroxylation sites is 1. The normalized spacial score (nSPS) is 10.8. The van der Waals surface area contributed by atoms with E-state index in [2.05, 4.69) is 0 Å². The van der Waals surface area contributed by atoms with Crippen LogP contribution in [0.1, 0.15) is 30.9 Å². The van der Waals surface area contributed by atoms with E-state index >= 15 is 0 Å². The standard InChI is InChI=1S/C21H20FNO3/c1-2-5-20(24)23(12-15-8-10-17(22)11-9-15)13-16-14-26-19-7-4-3-6-18(19)21(16)25/h3-4,6-11,14H,2,5,12-13H2,1H3. The van der Waals surface area contributed by atoms with Gasteiger partial charge in [0.25, 0.3) is 0 Å². The molecule has 26 heavy (non-hydrogen) atoms. The Kier molecular flexibility index (Phi) is 5.46. The molecular formula is C21H20FNO3. The molecule has 4 nitrogen and oxygen atoms in total. The second-order valence-electron chi connectivity index (χ2n) is 6.21. The summed E-state index contributed by atoms with van der Waals surface area (Å²) in [5, 5.41) is 0.495. The number of hydrogen-bond acceptors (Lipinski definition) is 3. The minimum Gasteiger partial charge on any atom is -0.464 e. The molecule has 2 aromatic carbocycles. The van der Waals surface area contributed by atoms with Crippen LogP contribution in [0.15, 0.2) is 64.0 Å². The van der Waals surface area contributed by atoms with Crippen LogP contribution in [0.2, 0.25) is 0 Å². The van der Waals surface area contributed by atoms with Gasteiger partial charge in [0.05, 0.1) is 23.8 Å². The summed E-state index contributed by atoms with van der Waals surface area (Å²) in [5.74, 6) is -0.375. The summed E-state index contributed by atoms with van der Waals surface area (Å²) in [6, 6.07) is 13.0. The molecule has 0 bridgehead atoms. The molecule has 0 aliphatic heterocycles. The van der Waals surface area contributed by atoms with Crippen LogP contribution in [0, 0.1) is 5.82 Å². The molecule has 5 heteroatoms. The van der Waals surface area contributed by atoms with E-state index < -0.39 is 0 Å². The fraction of sp³-hybridized carbons (Fsp3) is 0.238. The highest BCUT2D eigenvalue weighted by atomic mass is 19.1. The Balaban J connectivity index is 1.90. The minimum absolute atomic E-state index is 0.0515. The Bertz CT molecular complexity index is 963. The Morgan fingerprint density at radius 2 is 1.81 bits per heavy atom. The average molecular weight is 353 g/mol. The van der Waals surface area contributed by atoms with Crippen molar-refractivity contribution in [2.75, 3.05) is 0 Å². The number of carbonyl (C=O) groups is 1. The van der Waals surface area contributed by atoms with Gasteiger partial charge in [-0.25, -0.2) is 4.39 Å². The molecule has 1 heterocycles. The zero-order valence-corrected chi connectivity index (χ0v) is 14.6. The average Bonchev–Trinajstić information content (AvgIpc) is 2.65. The van der Waals surface area contributed by atoms with Crippen molar-refractivity contribution in [1.29, 1.82) is 0 Å². The van der Waals surface area contributed by atoms with Crippen LogP contribution in [-0.2, 0) is 17.9 Å². The first-order valence-corrected chi connectivity index (χ1v) is 8.60. The van der Waals surface area contributed by atoms with Crippen molar-refractivity contribution in [3.8, 4) is 0 Å². The molecule has 0 saturated heterocycles. The molecule has 3 aromatic rings. The number of nitrogens with zero attached hydrogens (tertiary/aromatic N) is 1. The number of fused-ring (bicyclic) bond motifs is 1. The van der Waals surface area contributed by atoms with Gasteiger partial charge in [-0.2, -0.15) is 0 Å². The van der Waals surface area contributed by atoms with E-state index in [-0.39, 0.29) is 23.7 Å². The van der Waals surface area contributed by atoms with Crippen LogP contribution in [0.25, 0.3) is 11.0 Å². The number of rotatable bonds is 6. The lowest BCUT2D eigenvalue weighted by molar-refractivity contribution is -0.132. The highest BCUT2D eigenvalue weighted by Crippen LogP contribution is 2.15. The largest absolute Gasteiger partial charge is 0.464 e. The molecule has 1 amide bonds. The van der Waals surface area contributed by atoms with Crippen LogP contribution in [0.5, 0.6) is 0 Å². The highest BCUT2D eigenvalue weighted by Gasteiger charge is 2.17. The first-order chi connectivity index (χ1) is 12.6. The SMILES string of the molecule is CCCC(=O)N(Cc1ccc(F)cc1)Cc1coc2ccccc2c1=O. The fourth-order valence-electron chi connectivity index (χ4n) is 2.85. The smallest absolute Gasteiger partial charge is 0.223 e. The summed E-state index contributed by atoms with van der Waals surface area (Å²) in [4.78, 5) is 26.8. The van der Waals surface area contributed by atoms with Crippen LogP contribution >= 0.6 is 0 Å². The van der Waals surface area contributed by atoms with Gasteiger partial charge in [-0.3, -0.25) is 9.59 Å². The Labute approximate surface area is 150 Å². The quantitative estimate of drug-likeness (QED) is 0.665. The predicted molar refractivity (Wildman–Crippen MR) is 98.0 cm³/mol. The fourth-order valence-corrected chi connectivity index (χ4v) is 2.85. The maximum Gasteiger partial charge on any atom is 0.223 e. The van der Waals surface area contributed by atoms with E-state index in [1.165, 1.54) is 18.4 Å². The van der Waals surface area contributed by atoms with Gasteiger partial charge in [0.1, 0.15) is 11.4 Å². The molecule has 0 unspecified atom stereocenters. The van der Waals surface area contributed by atoms with Crippen LogP contribution in [0.3, 0.4) is 0 Å². The molecule has 0 spiro atoms. The van der Waals surface area contributed by atoms with E-state index in [0.29, 0.717) is 35.9 Å². The monoisotopic (exact) mass is 353 g/mol. The third-order valence-electron chi connectivity index (χ3n) is 4.22. The number of halogens is 1. The zero-order valence-electron chi connectivity index (χ0n) is 14.6. The molecule has 0 atom stereocenters. The molecular weight excluding hydrogens is 333 g/mol. The van der Waals surface area contributed by atoms with Crippen LogP contribution < -0.4 is 5.43 Å². The number of amides is 1. The van der Waals surface area contributed by atoms with Gasteiger partial charge in [-0.1, -0.05) is 31.2 Å². The third kappa shape index (κ3) is 3.99. The van der Waals surface area contributed by atoms with Crippen molar-refractivity contribution in [1.82, 2.24) is 4.90 Å². The molecule has 0 radical (unpaired) electrons. The lowest BCUT2D eigenvalue weighted by Gasteiger charge is -2.22. The molecule has 0 fully saturated rings. The van der Waals surface area contributed by atoms with Gasteiger partial charge in [0, 0.05) is 13.0 Å². The number of benzene rings is 2. The summed E-state index contributed by atoms with van der Waals surface area (Å²) in [6.07, 6.45) is 2.52. The topological polar surface area (TPSA) is 50.5 Å². The van der Waals surface area contributed by atoms with Crippen LogP contribution in [0.4, 0.5) is 4.39 Å². The number of carbonyl (C=O) groups excluding carboxylic acids is 1. The second-order valence-corrected chi connectivity index (χ2v) is 6.21. The lowest BCUT2D eigenvalue weighted by atomic mass is 10.1. The van der Waals surface area contributed by atoms with Crippen molar-refractivity contribution >= 4 is 16.9 Å². The maximum absolute atomic E-state index is 13.1. The summed E-state index contributed by atoms with van der Waals surface area (Å²) >= 11 is 0. The van der Waals surface area contributed by atoms with Gasteiger partial charge >= 0.3 is 0 Å². The molecule has 0 aliphatic rings. The minimum atomic E-state index is -0.324. The van der Waals surface area contributed by atoms with Gasteiger partial charge in [-0.15, -0.1) is 0 Å². The first-order valence-electron chi connectivity index (χ1n) is 8.60. The third-order valence-corrected chi connectivity index (χ3v) is 4.22. The lowest BCUT2D eigenvalue weighted by Crippen LogP contribution is -2.31. The van der Waals surface area contributed by atoms with Crippen molar-refractivity contribution in [2.45, 2.75) is 32.9 Å². The summed E-state index contributed by atoms with van der Waals surface area (Å²) in [7, 11) is 0. The maximum atomic E-state index is 13.1. The summed E-state index contributed by atoms with van der Waals surface area (Å²) < 4.78 is 18.7. The predicted octanol–water partition coefficient (Wildman–Crippen LogP) is 4.26. The second kappa shape index (κ2) is 7.95. The first kappa shape index (κ1) is 17.9. The van der Waals surface area contributed by atoms with E-state index in [1.54, 1.807) is 41.3 Å². The Morgan fingerprint density at radius 3 is 2.54 bits per heavy atom. The summed E-state index contributed by atoms with van der Waals surface area (Å²) in [5.41, 5.74) is 1.61. The van der Waals surface area contributed by atoms with Crippen molar-refractivity contribution < 1.29 is 13.6 Å². The number of hydrogen-bond donors (Lipinski definition) is 0. The van der Waals surface area contributed by atoms with Gasteiger partial charge in [-0.05, 0) is 36.2 Å². The van der Waals surface area contributed by atoms with Gasteiger partial charge in [0.2, 0.25) is 5.91 Å². The van der Waals surface area contributed by atoms with Crippen molar-refractivity contribution in [3.05, 3.63) is 82.0 Å². The summed E-state index contributed by atoms with van der Waals surface area (Å²) in [6.45, 7) is 2.40. The van der Waals surface area contributed by atoms with Crippen LogP contribution in [-0.4, -0.2) is 10.8 Å². The van der Waals surface area contributed by atoms with E-state index in [9.17, 15) is 14.0 Å². The van der Waals surface area contributed by atoms with Gasteiger partial charge < -0.3 is 9.32 Å². The molecule has 0 aliphatic carbocycles. The highest BCUT2D eigenvalue weighted by molar-refractivity contribution is 5.78. The molecule has 0 N–H and O–H groups in total. The van der Waals surface area contributed by atoms with Crippen molar-refractivity contribution in [2.24, 2.45) is 0 Å². The van der Waals surface area contributed by atoms with E-state index in [1.807, 2.05) is 6.92 Å². The van der Waals surface area contributed by atoms with Gasteiger partial charge in [0.15, 0.2) is 5.43 Å². The molecule has 3 rings (SSSR count). The van der Waals surface area contributed by atoms with Crippen molar-refractivity contribution in [3.63, 3.8) is 0 Å². The van der Waals surface area contributed by atoms with E-state index in [4.69, 9.17) is 4.42 Å². The molecule has 1 aromatic heterocycles.